The summed E-state index contributed by atoms with van der Waals surface area (Å²) in [7, 11) is 1.79. The van der Waals surface area contributed by atoms with Crippen molar-refractivity contribution < 1.29 is 9.47 Å². The molecule has 0 bridgehead atoms. The first-order valence-corrected chi connectivity index (χ1v) is 8.02. The van der Waals surface area contributed by atoms with Gasteiger partial charge in [0.25, 0.3) is 0 Å². The van der Waals surface area contributed by atoms with Crippen LogP contribution in [0.2, 0.25) is 0 Å². The molecule has 1 saturated heterocycles. The van der Waals surface area contributed by atoms with E-state index in [-0.39, 0.29) is 35.7 Å². The summed E-state index contributed by atoms with van der Waals surface area (Å²) in [5, 5.41) is 6.70. The van der Waals surface area contributed by atoms with Gasteiger partial charge >= 0.3 is 0 Å². The lowest BCUT2D eigenvalue weighted by Gasteiger charge is -2.25. The Hall–Kier alpha value is -1.02. The van der Waals surface area contributed by atoms with Crippen LogP contribution < -0.4 is 15.4 Å². The van der Waals surface area contributed by atoms with Crippen LogP contribution in [0.3, 0.4) is 0 Å². The molecule has 2 aliphatic rings. The normalized spacial score (nSPS) is 26.2. The van der Waals surface area contributed by atoms with Gasteiger partial charge in [0.2, 0.25) is 0 Å². The Morgan fingerprint density at radius 2 is 2.17 bits per heavy atom. The minimum absolute atomic E-state index is 0. The van der Waals surface area contributed by atoms with Crippen molar-refractivity contribution in [3.63, 3.8) is 0 Å². The number of para-hydroxylation sites is 1. The number of fused-ring (bicyclic) bond motifs is 1. The average Bonchev–Trinajstić information content (AvgIpc) is 3.13. The summed E-state index contributed by atoms with van der Waals surface area (Å²) in [6.07, 6.45) is 3.34. The number of nitrogens with zero attached hydrogens (tertiary/aromatic N) is 1. The van der Waals surface area contributed by atoms with E-state index in [2.05, 4.69) is 34.7 Å². The van der Waals surface area contributed by atoms with Crippen molar-refractivity contribution in [2.24, 2.45) is 4.99 Å². The molecule has 2 unspecified atom stereocenters. The summed E-state index contributed by atoms with van der Waals surface area (Å²) in [4.78, 5) is 4.27. The fourth-order valence-electron chi connectivity index (χ4n) is 3.05. The fraction of sp³-hybridized carbons (Fsp3) is 0.588. The zero-order valence-electron chi connectivity index (χ0n) is 13.8. The van der Waals surface area contributed by atoms with Crippen LogP contribution >= 0.6 is 24.0 Å². The molecule has 2 N–H and O–H groups in total. The van der Waals surface area contributed by atoms with Crippen LogP contribution in [-0.4, -0.2) is 44.4 Å². The molecule has 0 radical (unpaired) electrons. The Labute approximate surface area is 155 Å². The Morgan fingerprint density at radius 3 is 2.87 bits per heavy atom. The van der Waals surface area contributed by atoms with Crippen molar-refractivity contribution in [3.05, 3.63) is 29.8 Å². The predicted molar refractivity (Wildman–Crippen MR) is 103 cm³/mol. The Morgan fingerprint density at radius 1 is 1.35 bits per heavy atom. The van der Waals surface area contributed by atoms with E-state index >= 15 is 0 Å². The molecule has 2 heterocycles. The third-order valence-electron chi connectivity index (χ3n) is 4.36. The van der Waals surface area contributed by atoms with E-state index in [1.807, 2.05) is 12.1 Å². The zero-order chi connectivity index (χ0) is 15.4. The average molecular weight is 431 g/mol. The van der Waals surface area contributed by atoms with Crippen molar-refractivity contribution in [2.45, 2.75) is 37.9 Å². The van der Waals surface area contributed by atoms with Crippen LogP contribution in [0.15, 0.2) is 29.3 Å². The lowest BCUT2D eigenvalue weighted by atomic mass is 10.0. The molecule has 1 aromatic carbocycles. The highest BCUT2D eigenvalue weighted by molar-refractivity contribution is 14.0. The van der Waals surface area contributed by atoms with Gasteiger partial charge in [0.15, 0.2) is 5.96 Å². The number of aliphatic imine (C=N–C) groups is 1. The first kappa shape index (κ1) is 18.3. The van der Waals surface area contributed by atoms with Gasteiger partial charge in [-0.3, -0.25) is 4.99 Å². The molecule has 6 heteroatoms. The number of hydrogen-bond donors (Lipinski definition) is 2. The van der Waals surface area contributed by atoms with E-state index in [0.717, 1.165) is 50.7 Å². The topological polar surface area (TPSA) is 54.9 Å². The molecule has 2 atom stereocenters. The van der Waals surface area contributed by atoms with Gasteiger partial charge in [-0.2, -0.15) is 0 Å². The van der Waals surface area contributed by atoms with Gasteiger partial charge in [0.05, 0.1) is 12.1 Å². The van der Waals surface area contributed by atoms with E-state index in [1.165, 1.54) is 5.56 Å². The number of halogens is 1. The molecule has 0 saturated carbocycles. The van der Waals surface area contributed by atoms with E-state index in [0.29, 0.717) is 0 Å². The standard InChI is InChI=1S/C17H25N3O2.HI/c1-17(8-5-9-21-17)12-20-16(18-2)19-11-14-10-13-6-3-4-7-15(13)22-14;/h3-4,6-7,14H,5,8-12H2,1-2H3,(H2,18,19,20);1H. The van der Waals surface area contributed by atoms with Gasteiger partial charge in [-0.15, -0.1) is 24.0 Å². The van der Waals surface area contributed by atoms with Gasteiger partial charge < -0.3 is 20.1 Å². The molecule has 23 heavy (non-hydrogen) atoms. The van der Waals surface area contributed by atoms with Crippen LogP contribution in [0, 0.1) is 0 Å². The minimum Gasteiger partial charge on any atom is -0.488 e. The van der Waals surface area contributed by atoms with Gasteiger partial charge in [-0.25, -0.2) is 0 Å². The number of rotatable bonds is 4. The lowest BCUT2D eigenvalue weighted by molar-refractivity contribution is 0.0242. The highest BCUT2D eigenvalue weighted by atomic mass is 127. The summed E-state index contributed by atoms with van der Waals surface area (Å²) in [6.45, 7) is 4.53. The van der Waals surface area contributed by atoms with Crippen molar-refractivity contribution in [1.29, 1.82) is 0 Å². The van der Waals surface area contributed by atoms with Crippen LogP contribution in [0.4, 0.5) is 0 Å². The molecule has 0 spiro atoms. The summed E-state index contributed by atoms with van der Waals surface area (Å²) >= 11 is 0. The number of guanidine groups is 1. The molecular weight excluding hydrogens is 405 g/mol. The van der Waals surface area contributed by atoms with E-state index in [9.17, 15) is 0 Å². The van der Waals surface area contributed by atoms with E-state index < -0.39 is 0 Å². The van der Waals surface area contributed by atoms with Gasteiger partial charge in [0, 0.05) is 26.6 Å². The second-order valence-electron chi connectivity index (χ2n) is 6.26. The summed E-state index contributed by atoms with van der Waals surface area (Å²) in [5.41, 5.74) is 1.21. The fourth-order valence-corrected chi connectivity index (χ4v) is 3.05. The summed E-state index contributed by atoms with van der Waals surface area (Å²) in [6, 6.07) is 8.22. The lowest BCUT2D eigenvalue weighted by Crippen LogP contribution is -2.47. The summed E-state index contributed by atoms with van der Waals surface area (Å²) in [5.74, 6) is 1.81. The first-order valence-electron chi connectivity index (χ1n) is 8.02. The van der Waals surface area contributed by atoms with Crippen LogP contribution in [0.25, 0.3) is 0 Å². The highest BCUT2D eigenvalue weighted by Crippen LogP contribution is 2.27. The molecule has 0 aliphatic carbocycles. The quantitative estimate of drug-likeness (QED) is 0.437. The smallest absolute Gasteiger partial charge is 0.191 e. The van der Waals surface area contributed by atoms with E-state index in [1.54, 1.807) is 7.05 Å². The minimum atomic E-state index is -0.0717. The maximum absolute atomic E-state index is 5.93. The van der Waals surface area contributed by atoms with Crippen molar-refractivity contribution in [2.75, 3.05) is 26.7 Å². The molecule has 3 rings (SSSR count). The Balaban J connectivity index is 0.00000192. The predicted octanol–water partition coefficient (Wildman–Crippen LogP) is 2.34. The van der Waals surface area contributed by atoms with Gasteiger partial charge in [0.1, 0.15) is 11.9 Å². The third-order valence-corrected chi connectivity index (χ3v) is 4.36. The maximum atomic E-state index is 5.93. The maximum Gasteiger partial charge on any atom is 0.191 e. The molecule has 0 aromatic heterocycles. The van der Waals surface area contributed by atoms with Crippen LogP contribution in [0.1, 0.15) is 25.3 Å². The monoisotopic (exact) mass is 431 g/mol. The molecular formula is C17H26IN3O2. The molecule has 1 fully saturated rings. The molecule has 2 aliphatic heterocycles. The molecule has 5 nitrogen and oxygen atoms in total. The molecule has 0 amide bonds. The van der Waals surface area contributed by atoms with Crippen molar-refractivity contribution in [3.8, 4) is 5.75 Å². The summed E-state index contributed by atoms with van der Waals surface area (Å²) < 4.78 is 11.7. The second-order valence-corrected chi connectivity index (χ2v) is 6.26. The van der Waals surface area contributed by atoms with Crippen molar-refractivity contribution in [1.82, 2.24) is 10.6 Å². The number of ether oxygens (including phenoxy) is 2. The van der Waals surface area contributed by atoms with E-state index in [4.69, 9.17) is 9.47 Å². The molecule has 128 valence electrons. The Bertz CT molecular complexity index is 519. The Kier molecular flexibility index (Phi) is 6.52. The highest BCUT2D eigenvalue weighted by Gasteiger charge is 2.30. The molecule has 1 aromatic rings. The van der Waals surface area contributed by atoms with Gasteiger partial charge in [-0.05, 0) is 31.4 Å². The second kappa shape index (κ2) is 8.19. The SMILES string of the molecule is CN=C(NCC1Cc2ccccc2O1)NCC1(C)CCCO1.I. The van der Waals surface area contributed by atoms with Crippen molar-refractivity contribution >= 4 is 29.9 Å². The van der Waals surface area contributed by atoms with Gasteiger partial charge in [-0.1, -0.05) is 18.2 Å². The van der Waals surface area contributed by atoms with Crippen LogP contribution in [-0.2, 0) is 11.2 Å². The van der Waals surface area contributed by atoms with Crippen LogP contribution in [0.5, 0.6) is 5.75 Å². The number of nitrogens with one attached hydrogen (secondary N) is 2. The number of benzene rings is 1. The largest absolute Gasteiger partial charge is 0.488 e. The first-order chi connectivity index (χ1) is 10.7. The zero-order valence-corrected chi connectivity index (χ0v) is 16.1. The number of hydrogen-bond acceptors (Lipinski definition) is 3. The third kappa shape index (κ3) is 4.73.